The second-order valence-corrected chi connectivity index (χ2v) is 6.00. The van der Waals surface area contributed by atoms with Gasteiger partial charge in [0.2, 0.25) is 5.91 Å². The molecule has 0 unspecified atom stereocenters. The molecular formula is C19H21N5O3. The van der Waals surface area contributed by atoms with Crippen LogP contribution in [0, 0.1) is 13.8 Å². The van der Waals surface area contributed by atoms with Crippen molar-refractivity contribution in [3.63, 3.8) is 0 Å². The molecule has 0 atom stereocenters. The number of aromatic nitrogens is 4. The number of nitrogens with zero attached hydrogens (tertiary/aromatic N) is 4. The smallest absolute Gasteiger partial charge is 0.339 e. The second kappa shape index (κ2) is 7.86. The maximum Gasteiger partial charge on any atom is 0.339 e. The van der Waals surface area contributed by atoms with Gasteiger partial charge < -0.3 is 14.6 Å². The summed E-state index contributed by atoms with van der Waals surface area (Å²) in [7, 11) is 0. The van der Waals surface area contributed by atoms with Gasteiger partial charge >= 0.3 is 5.97 Å². The Balaban J connectivity index is 1.68. The summed E-state index contributed by atoms with van der Waals surface area (Å²) in [6.07, 6.45) is 5.04. The molecule has 1 N–H and O–H groups in total. The number of carbonyl (C=O) groups is 2. The molecule has 8 nitrogen and oxygen atoms in total. The second-order valence-electron chi connectivity index (χ2n) is 6.00. The number of rotatable bonds is 6. The number of ether oxygens (including phenoxy) is 1. The Kier molecular flexibility index (Phi) is 5.35. The van der Waals surface area contributed by atoms with Crippen LogP contribution in [0.2, 0.25) is 0 Å². The molecule has 0 aromatic carbocycles. The molecule has 0 aliphatic heterocycles. The number of pyridine rings is 1. The number of hydrogen-bond acceptors (Lipinski definition) is 5. The van der Waals surface area contributed by atoms with E-state index in [0.717, 1.165) is 5.69 Å². The first-order valence-corrected chi connectivity index (χ1v) is 8.59. The highest BCUT2D eigenvalue weighted by Gasteiger charge is 2.18. The largest absolute Gasteiger partial charge is 0.462 e. The highest BCUT2D eigenvalue weighted by molar-refractivity contribution is 5.93. The van der Waals surface area contributed by atoms with E-state index in [1.807, 2.05) is 13.0 Å². The van der Waals surface area contributed by atoms with Crippen LogP contribution in [-0.4, -0.2) is 37.8 Å². The summed E-state index contributed by atoms with van der Waals surface area (Å²) in [5.74, 6) is 0.0747. The van der Waals surface area contributed by atoms with E-state index in [2.05, 4.69) is 15.4 Å². The fraction of sp³-hybridized carbons (Fsp3) is 0.263. The third-order valence-corrected chi connectivity index (χ3v) is 4.14. The van der Waals surface area contributed by atoms with Crippen LogP contribution in [0.25, 0.3) is 5.82 Å². The Labute approximate surface area is 156 Å². The fourth-order valence-corrected chi connectivity index (χ4v) is 2.80. The topological polar surface area (TPSA) is 91.0 Å². The summed E-state index contributed by atoms with van der Waals surface area (Å²) < 4.78 is 8.47. The lowest BCUT2D eigenvalue weighted by molar-refractivity contribution is -0.116. The Morgan fingerprint density at radius 3 is 2.70 bits per heavy atom. The van der Waals surface area contributed by atoms with E-state index in [1.165, 1.54) is 0 Å². The fourth-order valence-electron chi connectivity index (χ4n) is 2.80. The average molecular weight is 367 g/mol. The summed E-state index contributed by atoms with van der Waals surface area (Å²) in [6, 6.07) is 7.08. The van der Waals surface area contributed by atoms with Gasteiger partial charge in [-0.1, -0.05) is 0 Å². The minimum absolute atomic E-state index is 0.0952. The minimum Gasteiger partial charge on any atom is -0.462 e. The van der Waals surface area contributed by atoms with Crippen molar-refractivity contribution in [1.82, 2.24) is 19.3 Å². The molecular weight excluding hydrogens is 346 g/mol. The molecule has 3 heterocycles. The number of aryl methyl sites for hydroxylation is 1. The van der Waals surface area contributed by atoms with Gasteiger partial charge in [-0.15, -0.1) is 0 Å². The van der Waals surface area contributed by atoms with E-state index in [1.54, 1.807) is 59.9 Å². The van der Waals surface area contributed by atoms with Gasteiger partial charge in [-0.3, -0.25) is 4.79 Å². The lowest BCUT2D eigenvalue weighted by atomic mass is 10.2. The maximum absolute atomic E-state index is 12.4. The number of anilines is 1. The molecule has 0 saturated carbocycles. The lowest BCUT2D eigenvalue weighted by Crippen LogP contribution is -2.20. The van der Waals surface area contributed by atoms with Gasteiger partial charge in [-0.25, -0.2) is 14.5 Å². The lowest BCUT2D eigenvalue weighted by Gasteiger charge is -2.11. The van der Waals surface area contributed by atoms with E-state index in [9.17, 15) is 9.59 Å². The number of nitrogens with one attached hydrogen (secondary N) is 1. The van der Waals surface area contributed by atoms with Crippen LogP contribution in [0.1, 0.15) is 28.7 Å². The zero-order valence-corrected chi connectivity index (χ0v) is 15.5. The predicted molar refractivity (Wildman–Crippen MR) is 99.9 cm³/mol. The molecule has 3 aromatic rings. The molecule has 1 amide bonds. The molecule has 8 heteroatoms. The highest BCUT2D eigenvalue weighted by atomic mass is 16.5. The summed E-state index contributed by atoms with van der Waals surface area (Å²) >= 11 is 0. The average Bonchev–Trinajstić information content (AvgIpc) is 3.27. The molecule has 3 aromatic heterocycles. The van der Waals surface area contributed by atoms with Gasteiger partial charge in [0, 0.05) is 23.8 Å². The molecule has 3 rings (SSSR count). The van der Waals surface area contributed by atoms with Crippen LogP contribution >= 0.6 is 0 Å². The van der Waals surface area contributed by atoms with Crippen LogP contribution in [-0.2, 0) is 16.1 Å². The summed E-state index contributed by atoms with van der Waals surface area (Å²) in [5.41, 5.74) is 2.59. The quantitative estimate of drug-likeness (QED) is 0.676. The van der Waals surface area contributed by atoms with E-state index in [0.29, 0.717) is 29.4 Å². The van der Waals surface area contributed by atoms with Gasteiger partial charge in [0.15, 0.2) is 5.82 Å². The predicted octanol–water partition coefficient (Wildman–Crippen LogP) is 2.50. The summed E-state index contributed by atoms with van der Waals surface area (Å²) in [5, 5.41) is 6.92. The molecule has 0 bridgehead atoms. The monoisotopic (exact) mass is 367 g/mol. The first-order chi connectivity index (χ1) is 13.0. The number of carbonyl (C=O) groups excluding carboxylic acids is 2. The minimum atomic E-state index is -0.379. The third kappa shape index (κ3) is 4.05. The molecule has 0 spiro atoms. The van der Waals surface area contributed by atoms with Crippen molar-refractivity contribution in [3.8, 4) is 5.82 Å². The third-order valence-electron chi connectivity index (χ3n) is 4.14. The first kappa shape index (κ1) is 18.4. The van der Waals surface area contributed by atoms with Gasteiger partial charge in [-0.2, -0.15) is 5.10 Å². The Hall–Kier alpha value is -3.42. The maximum atomic E-state index is 12.4. The normalized spacial score (nSPS) is 10.6. The molecule has 27 heavy (non-hydrogen) atoms. The van der Waals surface area contributed by atoms with Crippen molar-refractivity contribution < 1.29 is 14.3 Å². The molecule has 0 fully saturated rings. The van der Waals surface area contributed by atoms with Crippen LogP contribution in [0.15, 0.2) is 42.9 Å². The van der Waals surface area contributed by atoms with Crippen molar-refractivity contribution in [2.45, 2.75) is 27.3 Å². The van der Waals surface area contributed by atoms with Crippen molar-refractivity contribution in [1.29, 1.82) is 0 Å². The van der Waals surface area contributed by atoms with Crippen molar-refractivity contribution in [2.24, 2.45) is 0 Å². The highest BCUT2D eigenvalue weighted by Crippen LogP contribution is 2.17. The molecule has 0 saturated heterocycles. The first-order valence-electron chi connectivity index (χ1n) is 8.59. The van der Waals surface area contributed by atoms with Crippen LogP contribution in [0.4, 0.5) is 5.69 Å². The summed E-state index contributed by atoms with van der Waals surface area (Å²) in [4.78, 5) is 28.7. The van der Waals surface area contributed by atoms with Crippen molar-refractivity contribution >= 4 is 17.6 Å². The number of hydrogen-bond donors (Lipinski definition) is 1. The number of esters is 1. The number of amides is 1. The summed E-state index contributed by atoms with van der Waals surface area (Å²) in [6.45, 7) is 5.81. The van der Waals surface area contributed by atoms with Crippen LogP contribution in [0.3, 0.4) is 0 Å². The molecule has 0 aliphatic rings. The molecule has 0 radical (unpaired) electrons. The Morgan fingerprint density at radius 2 is 2.07 bits per heavy atom. The van der Waals surface area contributed by atoms with Crippen molar-refractivity contribution in [2.75, 3.05) is 11.9 Å². The van der Waals surface area contributed by atoms with Crippen molar-refractivity contribution in [3.05, 3.63) is 59.8 Å². The standard InChI is InChI=1S/C19H21N5O3/c1-4-27-19(26)16-10-13(2)23(14(16)3)12-18(25)22-15-6-7-17(20-11-15)24-9-5-8-21-24/h5-11H,4,12H2,1-3H3,(H,22,25). The molecule has 0 aliphatic carbocycles. The SMILES string of the molecule is CCOC(=O)c1cc(C)n(CC(=O)Nc2ccc(-n3cccn3)nc2)c1C. The Bertz CT molecular complexity index is 943. The van der Waals surface area contributed by atoms with Gasteiger partial charge in [0.25, 0.3) is 0 Å². The van der Waals surface area contributed by atoms with Gasteiger partial charge in [0.05, 0.1) is 24.1 Å². The van der Waals surface area contributed by atoms with Gasteiger partial charge in [-0.05, 0) is 45.0 Å². The zero-order chi connectivity index (χ0) is 19.4. The Morgan fingerprint density at radius 1 is 1.26 bits per heavy atom. The van der Waals surface area contributed by atoms with E-state index < -0.39 is 0 Å². The zero-order valence-electron chi connectivity index (χ0n) is 15.5. The molecule has 140 valence electrons. The van der Waals surface area contributed by atoms with Crippen LogP contribution in [0.5, 0.6) is 0 Å². The van der Waals surface area contributed by atoms with Gasteiger partial charge in [0.1, 0.15) is 6.54 Å². The van der Waals surface area contributed by atoms with E-state index in [-0.39, 0.29) is 18.4 Å². The van der Waals surface area contributed by atoms with Crippen LogP contribution < -0.4 is 5.32 Å². The van der Waals surface area contributed by atoms with E-state index >= 15 is 0 Å². The van der Waals surface area contributed by atoms with E-state index in [4.69, 9.17) is 4.74 Å².